The minimum atomic E-state index is -4.33. The number of ether oxygens (including phenoxy) is 1. The largest absolute Gasteiger partial charge is 0.465 e. The molecule has 0 bridgehead atoms. The Morgan fingerprint density at radius 2 is 1.77 bits per heavy atom. The van der Waals surface area contributed by atoms with Crippen LogP contribution in [-0.4, -0.2) is 43.9 Å². The molecule has 1 amide bonds. The lowest BCUT2D eigenvalue weighted by Crippen LogP contribution is -2.27. The van der Waals surface area contributed by atoms with Crippen LogP contribution in [0.25, 0.3) is 0 Å². The Morgan fingerprint density at radius 1 is 1.19 bits per heavy atom. The Labute approximate surface area is 150 Å². The smallest absolute Gasteiger partial charge is 0.374 e. The number of benzene rings is 1. The standard InChI is InChI=1S/C16H21FNO7P/c1-5-24-26(22,25-6-2)14(17)15(20)18-13-9-11(16(21)23-4)7-8-12(13)10(3)19/h7-9,14H,5-6H2,1-4H3,(H,18,20). The van der Waals surface area contributed by atoms with Crippen LogP contribution in [-0.2, 0) is 23.1 Å². The second-order valence-corrected chi connectivity index (χ2v) is 7.06. The zero-order valence-electron chi connectivity index (χ0n) is 14.9. The summed E-state index contributed by atoms with van der Waals surface area (Å²) in [5.41, 5.74) is -0.0329. The van der Waals surface area contributed by atoms with E-state index in [1.165, 1.54) is 39.0 Å². The second-order valence-electron chi connectivity index (χ2n) is 5.01. The number of hydrogen-bond donors (Lipinski definition) is 1. The van der Waals surface area contributed by atoms with E-state index < -0.39 is 31.2 Å². The number of rotatable bonds is 9. The van der Waals surface area contributed by atoms with E-state index in [1.54, 1.807) is 0 Å². The number of hydrogen-bond acceptors (Lipinski definition) is 7. The van der Waals surface area contributed by atoms with Gasteiger partial charge in [0.05, 0.1) is 31.6 Å². The van der Waals surface area contributed by atoms with Crippen LogP contribution in [0.3, 0.4) is 0 Å². The van der Waals surface area contributed by atoms with Gasteiger partial charge in [0, 0.05) is 5.56 Å². The number of amides is 1. The first-order valence-corrected chi connectivity index (χ1v) is 9.38. The highest BCUT2D eigenvalue weighted by Gasteiger charge is 2.42. The lowest BCUT2D eigenvalue weighted by Gasteiger charge is -2.20. The van der Waals surface area contributed by atoms with E-state index in [0.717, 1.165) is 7.11 Å². The molecule has 0 saturated heterocycles. The van der Waals surface area contributed by atoms with E-state index >= 15 is 0 Å². The number of Topliss-reactive ketones (excluding diaryl/α,β-unsaturated/α-hetero) is 1. The Hall–Kier alpha value is -2.09. The molecule has 0 radical (unpaired) electrons. The fraction of sp³-hybridized carbons (Fsp3) is 0.438. The fourth-order valence-electron chi connectivity index (χ4n) is 2.06. The van der Waals surface area contributed by atoms with E-state index in [9.17, 15) is 23.3 Å². The SMILES string of the molecule is CCOP(=O)(OCC)C(F)C(=O)Nc1cc(C(=O)OC)ccc1C(C)=O. The van der Waals surface area contributed by atoms with Gasteiger partial charge in [-0.15, -0.1) is 0 Å². The van der Waals surface area contributed by atoms with Crippen LogP contribution in [0.15, 0.2) is 18.2 Å². The van der Waals surface area contributed by atoms with Gasteiger partial charge in [0.15, 0.2) is 5.78 Å². The zero-order valence-corrected chi connectivity index (χ0v) is 15.8. The third kappa shape index (κ3) is 5.20. The van der Waals surface area contributed by atoms with E-state index in [-0.39, 0.29) is 30.0 Å². The maximum absolute atomic E-state index is 14.5. The Bertz CT molecular complexity index is 727. The van der Waals surface area contributed by atoms with Crippen molar-refractivity contribution in [2.45, 2.75) is 26.7 Å². The minimum Gasteiger partial charge on any atom is -0.465 e. The normalized spacial score (nSPS) is 12.3. The highest BCUT2D eigenvalue weighted by molar-refractivity contribution is 7.55. The van der Waals surface area contributed by atoms with E-state index in [2.05, 4.69) is 10.1 Å². The molecule has 0 aromatic heterocycles. The quantitative estimate of drug-likeness (QED) is 0.393. The van der Waals surface area contributed by atoms with Crippen LogP contribution < -0.4 is 5.32 Å². The number of anilines is 1. The zero-order chi connectivity index (χ0) is 19.9. The Morgan fingerprint density at radius 3 is 2.23 bits per heavy atom. The summed E-state index contributed by atoms with van der Waals surface area (Å²) < 4.78 is 41.0. The number of alkyl halides is 1. The molecule has 0 saturated carbocycles. The van der Waals surface area contributed by atoms with Crippen molar-refractivity contribution in [3.63, 3.8) is 0 Å². The van der Waals surface area contributed by atoms with E-state index in [4.69, 9.17) is 9.05 Å². The van der Waals surface area contributed by atoms with Crippen molar-refractivity contribution in [3.8, 4) is 0 Å². The lowest BCUT2D eigenvalue weighted by molar-refractivity contribution is -0.118. The monoisotopic (exact) mass is 389 g/mol. The van der Waals surface area contributed by atoms with Crippen LogP contribution in [0.5, 0.6) is 0 Å². The van der Waals surface area contributed by atoms with Gasteiger partial charge in [0.1, 0.15) is 0 Å². The first-order valence-electron chi connectivity index (χ1n) is 7.77. The minimum absolute atomic E-state index is 0.0425. The van der Waals surface area contributed by atoms with Gasteiger partial charge in [0.2, 0.25) is 0 Å². The molecule has 1 unspecified atom stereocenters. The van der Waals surface area contributed by atoms with Gasteiger partial charge in [-0.3, -0.25) is 14.2 Å². The maximum atomic E-state index is 14.5. The molecule has 1 rings (SSSR count). The molecule has 1 N–H and O–H groups in total. The molecule has 0 aliphatic carbocycles. The summed E-state index contributed by atoms with van der Waals surface area (Å²) in [5.74, 6) is -5.06. The van der Waals surface area contributed by atoms with Gasteiger partial charge in [-0.05, 0) is 39.0 Å². The summed E-state index contributed by atoms with van der Waals surface area (Å²) >= 11 is 0. The molecule has 0 heterocycles. The molecule has 1 aromatic rings. The predicted molar refractivity (Wildman–Crippen MR) is 92.2 cm³/mol. The summed E-state index contributed by atoms with van der Waals surface area (Å²) in [5, 5.41) is 2.16. The fourth-order valence-corrected chi connectivity index (χ4v) is 3.47. The van der Waals surface area contributed by atoms with Crippen molar-refractivity contribution in [1.82, 2.24) is 0 Å². The number of nitrogens with one attached hydrogen (secondary N) is 1. The van der Waals surface area contributed by atoms with Gasteiger partial charge in [-0.2, -0.15) is 0 Å². The van der Waals surface area contributed by atoms with Crippen molar-refractivity contribution in [2.75, 3.05) is 25.6 Å². The highest BCUT2D eigenvalue weighted by Crippen LogP contribution is 2.53. The summed E-state index contributed by atoms with van der Waals surface area (Å²) in [7, 11) is -3.17. The van der Waals surface area contributed by atoms with Crippen molar-refractivity contribution in [2.24, 2.45) is 0 Å². The van der Waals surface area contributed by atoms with Crippen molar-refractivity contribution in [1.29, 1.82) is 0 Å². The van der Waals surface area contributed by atoms with E-state index in [0.29, 0.717) is 0 Å². The average Bonchev–Trinajstić information content (AvgIpc) is 2.60. The molecule has 0 aliphatic rings. The van der Waals surface area contributed by atoms with Crippen LogP contribution in [0.4, 0.5) is 10.1 Å². The van der Waals surface area contributed by atoms with Gasteiger partial charge in [-0.25, -0.2) is 9.18 Å². The average molecular weight is 389 g/mol. The topological polar surface area (TPSA) is 108 Å². The molecule has 8 nitrogen and oxygen atoms in total. The Kier molecular flexibility index (Phi) is 8.08. The molecular formula is C16H21FNO7P. The van der Waals surface area contributed by atoms with Crippen LogP contribution in [0.1, 0.15) is 41.5 Å². The number of esters is 1. The third-order valence-electron chi connectivity index (χ3n) is 3.19. The number of halogens is 1. The summed E-state index contributed by atoms with van der Waals surface area (Å²) in [6, 6.07) is 3.79. The summed E-state index contributed by atoms with van der Waals surface area (Å²) in [6.07, 6.45) is 0. The van der Waals surface area contributed by atoms with Crippen LogP contribution >= 0.6 is 7.60 Å². The summed E-state index contributed by atoms with van der Waals surface area (Å²) in [4.78, 5) is 35.5. The first kappa shape index (κ1) is 22.0. The summed E-state index contributed by atoms with van der Waals surface area (Å²) in [6.45, 7) is 3.94. The maximum Gasteiger partial charge on any atom is 0.374 e. The molecule has 10 heteroatoms. The number of carbonyl (C=O) groups excluding carboxylic acids is 3. The van der Waals surface area contributed by atoms with Gasteiger partial charge in [-0.1, -0.05) is 0 Å². The second kappa shape index (κ2) is 9.56. The Balaban J connectivity index is 3.19. The van der Waals surface area contributed by atoms with Crippen LogP contribution in [0.2, 0.25) is 0 Å². The number of ketones is 1. The molecule has 1 aromatic carbocycles. The third-order valence-corrected chi connectivity index (χ3v) is 5.22. The number of methoxy groups -OCH3 is 1. The lowest BCUT2D eigenvalue weighted by atomic mass is 10.1. The van der Waals surface area contributed by atoms with Crippen molar-refractivity contribution >= 4 is 30.9 Å². The molecule has 1 atom stereocenters. The van der Waals surface area contributed by atoms with Gasteiger partial charge in [0.25, 0.3) is 11.8 Å². The van der Waals surface area contributed by atoms with Gasteiger partial charge < -0.3 is 19.1 Å². The molecule has 0 aliphatic heterocycles. The van der Waals surface area contributed by atoms with Crippen LogP contribution in [0, 0.1) is 0 Å². The molecule has 0 spiro atoms. The van der Waals surface area contributed by atoms with Crippen molar-refractivity contribution in [3.05, 3.63) is 29.3 Å². The van der Waals surface area contributed by atoms with E-state index in [1.807, 2.05) is 0 Å². The molecule has 26 heavy (non-hydrogen) atoms. The predicted octanol–water partition coefficient (Wildman–Crippen LogP) is 3.18. The molecule has 144 valence electrons. The highest BCUT2D eigenvalue weighted by atomic mass is 31.2. The number of carbonyl (C=O) groups is 3. The molecular weight excluding hydrogens is 368 g/mol. The van der Waals surface area contributed by atoms with Gasteiger partial charge >= 0.3 is 13.6 Å². The first-order chi connectivity index (χ1) is 12.2. The van der Waals surface area contributed by atoms with Crippen molar-refractivity contribution < 1.29 is 37.1 Å². The molecule has 0 fully saturated rings.